The molecule has 1 aliphatic rings. The van der Waals surface area contributed by atoms with Gasteiger partial charge >= 0.3 is 11.3 Å². The zero-order chi connectivity index (χ0) is 23.2. The normalized spacial score (nSPS) is 25.7. The number of benzene rings is 2. The Morgan fingerprint density at radius 3 is 2.28 bits per heavy atom. The summed E-state index contributed by atoms with van der Waals surface area (Å²) in [5, 5.41) is 79.2. The van der Waals surface area contributed by atoms with E-state index in [1.807, 2.05) is 0 Å². The van der Waals surface area contributed by atoms with E-state index in [0.717, 1.165) is 6.07 Å². The van der Waals surface area contributed by atoms with Gasteiger partial charge in [-0.15, -0.1) is 0 Å². The summed E-state index contributed by atoms with van der Waals surface area (Å²) in [7, 11) is 0. The Balaban J connectivity index is 1.84. The lowest BCUT2D eigenvalue weighted by Gasteiger charge is -2.39. The minimum absolute atomic E-state index is 0.0465. The van der Waals surface area contributed by atoms with E-state index in [-0.39, 0.29) is 45.3 Å². The largest absolute Gasteiger partial charge is 0.507 e. The molecule has 3 aromatic rings. The fourth-order valence-corrected chi connectivity index (χ4v) is 3.43. The summed E-state index contributed by atoms with van der Waals surface area (Å²) in [5.74, 6) is -1.64. The average Bonchev–Trinajstić information content (AvgIpc) is 2.76. The number of rotatable bonds is 4. The van der Waals surface area contributed by atoms with E-state index in [2.05, 4.69) is 0 Å². The molecule has 0 saturated carbocycles. The summed E-state index contributed by atoms with van der Waals surface area (Å²) in [6.07, 6.45) is -7.76. The number of aliphatic hydroxyl groups excluding tert-OH is 4. The third-order valence-corrected chi connectivity index (χ3v) is 5.15. The third kappa shape index (κ3) is 3.83. The summed E-state index contributed by atoms with van der Waals surface area (Å²) >= 11 is 0. The first-order chi connectivity index (χ1) is 15.2. The van der Waals surface area contributed by atoms with Crippen molar-refractivity contribution in [3.63, 3.8) is 0 Å². The summed E-state index contributed by atoms with van der Waals surface area (Å²) in [5.41, 5.74) is 0.260. The van der Waals surface area contributed by atoms with Gasteiger partial charge in [0, 0.05) is 18.2 Å². The molecular formula is C21H21O11+. The SMILES string of the molecule is OC[C@H]1O[C@H](Oc2cc3c(O)cc(O)cc3[o+]c2-c2ccc(O)c(O)c2)[C@H](O)[C@H](O)[C@@H]1O. The second-order valence-corrected chi connectivity index (χ2v) is 7.34. The van der Waals surface area contributed by atoms with Gasteiger partial charge in [0.25, 0.3) is 0 Å². The standard InChI is InChI=1S/C21H20O11/c22-7-16-17(27)18(28)19(29)21(32-16)31-15-6-10-12(25)4-9(23)5-14(10)30-20(15)8-1-2-11(24)13(26)3-8/h1-6,16-19,21-22,27-29H,7H2,(H3-,23,24,25,26)/p+1/t16-,17-,18-,19-,21+/m1/s1. The number of ether oxygens (including phenoxy) is 2. The van der Waals surface area contributed by atoms with Gasteiger partial charge in [0.05, 0.1) is 18.2 Å². The van der Waals surface area contributed by atoms with E-state index in [1.54, 1.807) is 0 Å². The maximum atomic E-state index is 10.3. The highest BCUT2D eigenvalue weighted by molar-refractivity contribution is 5.88. The van der Waals surface area contributed by atoms with Crippen molar-refractivity contribution < 1.29 is 54.7 Å². The Hall–Kier alpha value is -3.35. The average molecular weight is 449 g/mol. The predicted octanol–water partition coefficient (Wildman–Crippen LogP) is 0.382. The zero-order valence-electron chi connectivity index (χ0n) is 16.4. The first-order valence-corrected chi connectivity index (χ1v) is 9.52. The number of fused-ring (bicyclic) bond motifs is 1. The van der Waals surface area contributed by atoms with Crippen LogP contribution in [-0.2, 0) is 4.74 Å². The Kier molecular flexibility index (Phi) is 5.67. The van der Waals surface area contributed by atoms with E-state index in [9.17, 15) is 40.9 Å². The molecule has 11 nitrogen and oxygen atoms in total. The lowest BCUT2D eigenvalue weighted by Crippen LogP contribution is -2.60. The molecule has 0 aliphatic carbocycles. The molecule has 1 fully saturated rings. The molecule has 2 heterocycles. The van der Waals surface area contributed by atoms with Gasteiger partial charge in [-0.05, 0) is 12.1 Å². The summed E-state index contributed by atoms with van der Waals surface area (Å²) in [6, 6.07) is 7.37. The number of phenols is 4. The van der Waals surface area contributed by atoms with Crippen LogP contribution < -0.4 is 4.74 Å². The number of hydrogen-bond donors (Lipinski definition) is 8. The number of aromatic hydroxyl groups is 4. The molecule has 1 aliphatic heterocycles. The number of phenolic OH excluding ortho intramolecular Hbond substituents is 4. The second-order valence-electron chi connectivity index (χ2n) is 7.34. The van der Waals surface area contributed by atoms with Gasteiger partial charge in [-0.2, -0.15) is 0 Å². The molecule has 2 aromatic carbocycles. The van der Waals surface area contributed by atoms with E-state index >= 15 is 0 Å². The van der Waals surface area contributed by atoms with E-state index in [4.69, 9.17) is 13.9 Å². The molecule has 0 bridgehead atoms. The van der Waals surface area contributed by atoms with Gasteiger partial charge in [-0.1, -0.05) is 0 Å². The van der Waals surface area contributed by atoms with Crippen molar-refractivity contribution >= 4 is 11.0 Å². The molecule has 1 saturated heterocycles. The molecule has 5 atom stereocenters. The first kappa shape index (κ1) is 21.9. The maximum absolute atomic E-state index is 10.3. The van der Waals surface area contributed by atoms with Crippen molar-refractivity contribution in [1.82, 2.24) is 0 Å². The van der Waals surface area contributed by atoms with Crippen LogP contribution in [0.4, 0.5) is 0 Å². The van der Waals surface area contributed by atoms with Crippen LogP contribution in [0.2, 0.25) is 0 Å². The molecule has 32 heavy (non-hydrogen) atoms. The van der Waals surface area contributed by atoms with Gasteiger partial charge in [0.15, 0.2) is 11.5 Å². The van der Waals surface area contributed by atoms with Crippen molar-refractivity contribution in [2.45, 2.75) is 30.7 Å². The molecular weight excluding hydrogens is 428 g/mol. The van der Waals surface area contributed by atoms with Crippen molar-refractivity contribution in [3.05, 3.63) is 36.4 Å². The van der Waals surface area contributed by atoms with Crippen LogP contribution in [0.25, 0.3) is 22.3 Å². The minimum atomic E-state index is -1.71. The Bertz CT molecular complexity index is 1150. The van der Waals surface area contributed by atoms with Gasteiger partial charge in [-0.25, -0.2) is 4.42 Å². The maximum Gasteiger partial charge on any atom is 0.402 e. The Morgan fingerprint density at radius 2 is 1.59 bits per heavy atom. The van der Waals surface area contributed by atoms with Crippen LogP contribution in [0, 0.1) is 0 Å². The lowest BCUT2D eigenvalue weighted by molar-refractivity contribution is -0.277. The van der Waals surface area contributed by atoms with Crippen molar-refractivity contribution in [1.29, 1.82) is 0 Å². The number of aliphatic hydroxyl groups is 4. The third-order valence-electron chi connectivity index (χ3n) is 5.15. The molecule has 4 rings (SSSR count). The molecule has 0 amide bonds. The van der Waals surface area contributed by atoms with Crippen molar-refractivity contribution in [2.24, 2.45) is 0 Å². The van der Waals surface area contributed by atoms with Gasteiger partial charge in [-0.3, -0.25) is 0 Å². The van der Waals surface area contributed by atoms with Crippen molar-refractivity contribution in [2.75, 3.05) is 6.61 Å². The molecule has 0 spiro atoms. The van der Waals surface area contributed by atoms with Crippen molar-refractivity contribution in [3.8, 4) is 40.1 Å². The Morgan fingerprint density at radius 1 is 0.844 bits per heavy atom. The number of hydrogen-bond acceptors (Lipinski definition) is 10. The van der Waals surface area contributed by atoms with Gasteiger partial charge in [0.1, 0.15) is 41.3 Å². The second kappa shape index (κ2) is 8.30. The lowest BCUT2D eigenvalue weighted by atomic mass is 9.99. The Labute approximate surface area is 180 Å². The highest BCUT2D eigenvalue weighted by Gasteiger charge is 2.45. The summed E-state index contributed by atoms with van der Waals surface area (Å²) < 4.78 is 16.8. The quantitative estimate of drug-likeness (QED) is 0.203. The fraction of sp³-hybridized carbons (Fsp3) is 0.286. The molecule has 1 aromatic heterocycles. The van der Waals surface area contributed by atoms with Gasteiger partial charge in [0.2, 0.25) is 12.0 Å². The van der Waals surface area contributed by atoms with E-state index in [1.165, 1.54) is 30.3 Å². The fourth-order valence-electron chi connectivity index (χ4n) is 3.43. The van der Waals surface area contributed by atoms with Crippen LogP contribution in [0.1, 0.15) is 0 Å². The van der Waals surface area contributed by atoms with Crippen LogP contribution in [-0.4, -0.2) is 78.2 Å². The summed E-state index contributed by atoms with van der Waals surface area (Å²) in [4.78, 5) is 0. The van der Waals surface area contributed by atoms with Crippen LogP contribution in [0.15, 0.2) is 40.8 Å². The van der Waals surface area contributed by atoms with E-state index in [0.29, 0.717) is 0 Å². The van der Waals surface area contributed by atoms with Gasteiger partial charge < -0.3 is 50.3 Å². The predicted molar refractivity (Wildman–Crippen MR) is 107 cm³/mol. The first-order valence-electron chi connectivity index (χ1n) is 9.52. The van der Waals surface area contributed by atoms with Crippen LogP contribution in [0.5, 0.6) is 28.7 Å². The zero-order valence-corrected chi connectivity index (χ0v) is 16.4. The van der Waals surface area contributed by atoms with Crippen LogP contribution >= 0.6 is 0 Å². The van der Waals surface area contributed by atoms with Crippen LogP contribution in [0.3, 0.4) is 0 Å². The summed E-state index contributed by atoms with van der Waals surface area (Å²) in [6.45, 7) is -0.661. The topological polar surface area (TPSA) is 192 Å². The molecule has 0 radical (unpaired) electrons. The monoisotopic (exact) mass is 449 g/mol. The molecule has 0 unspecified atom stereocenters. The minimum Gasteiger partial charge on any atom is -0.507 e. The molecule has 170 valence electrons. The highest BCUT2D eigenvalue weighted by Crippen LogP contribution is 2.42. The highest BCUT2D eigenvalue weighted by atomic mass is 16.7. The smallest absolute Gasteiger partial charge is 0.402 e. The van der Waals surface area contributed by atoms with E-state index < -0.39 is 43.1 Å². The molecule has 11 heteroatoms. The molecule has 8 N–H and O–H groups in total.